The van der Waals surface area contributed by atoms with Crippen molar-refractivity contribution in [2.45, 2.75) is 13.0 Å². The van der Waals surface area contributed by atoms with E-state index in [1.54, 1.807) is 6.92 Å². The van der Waals surface area contributed by atoms with Gasteiger partial charge in [-0.2, -0.15) is 0 Å². The molecule has 0 aliphatic heterocycles. The van der Waals surface area contributed by atoms with Crippen LogP contribution in [0.1, 0.15) is 27.6 Å². The lowest BCUT2D eigenvalue weighted by Gasteiger charge is -2.07. The lowest BCUT2D eigenvalue weighted by atomic mass is 10.1. The molecule has 0 saturated carbocycles. The minimum atomic E-state index is -0.589. The number of primary amides is 1. The zero-order chi connectivity index (χ0) is 12.1. The number of aliphatic hydroxyl groups is 1. The first-order valence-corrected chi connectivity index (χ1v) is 4.87. The summed E-state index contributed by atoms with van der Waals surface area (Å²) in [6.45, 7) is 1.77. The predicted molar refractivity (Wildman–Crippen MR) is 59.0 cm³/mol. The molecule has 0 spiro atoms. The Bertz CT molecular complexity index is 385. The average Bonchev–Trinajstić information content (AvgIpc) is 2.26. The third kappa shape index (κ3) is 3.36. The molecule has 1 aromatic carbocycles. The van der Waals surface area contributed by atoms with Gasteiger partial charge in [-0.3, -0.25) is 9.59 Å². The minimum Gasteiger partial charge on any atom is -0.392 e. The maximum atomic E-state index is 11.5. The molecule has 0 heterocycles. The maximum Gasteiger partial charge on any atom is 0.251 e. The van der Waals surface area contributed by atoms with Crippen LogP contribution in [-0.2, 0) is 0 Å². The number of benzene rings is 1. The number of nitrogens with two attached hydrogens (primary N) is 1. The van der Waals surface area contributed by atoms with Crippen molar-refractivity contribution < 1.29 is 14.7 Å². The topological polar surface area (TPSA) is 92.4 Å². The summed E-state index contributed by atoms with van der Waals surface area (Å²) in [5.74, 6) is -0.826. The van der Waals surface area contributed by atoms with E-state index in [9.17, 15) is 9.59 Å². The molecule has 5 nitrogen and oxygen atoms in total. The van der Waals surface area contributed by atoms with Crippen LogP contribution in [0.15, 0.2) is 24.3 Å². The van der Waals surface area contributed by atoms with Crippen molar-refractivity contribution in [3.05, 3.63) is 35.4 Å². The zero-order valence-electron chi connectivity index (χ0n) is 8.93. The molecule has 16 heavy (non-hydrogen) atoms. The summed E-state index contributed by atoms with van der Waals surface area (Å²) in [7, 11) is 0. The number of carbonyl (C=O) groups is 2. The van der Waals surface area contributed by atoms with E-state index in [1.165, 1.54) is 24.3 Å². The van der Waals surface area contributed by atoms with Crippen LogP contribution >= 0.6 is 0 Å². The Kier molecular flexibility index (Phi) is 4.02. The second-order valence-corrected chi connectivity index (χ2v) is 3.50. The molecule has 2 amide bonds. The lowest BCUT2D eigenvalue weighted by Crippen LogP contribution is -2.30. The second kappa shape index (κ2) is 5.27. The molecule has 1 rings (SSSR count). The van der Waals surface area contributed by atoms with Crippen molar-refractivity contribution in [1.29, 1.82) is 0 Å². The predicted octanol–water partition coefficient (Wildman–Crippen LogP) is -0.104. The van der Waals surface area contributed by atoms with Crippen molar-refractivity contribution in [1.82, 2.24) is 5.32 Å². The monoisotopic (exact) mass is 222 g/mol. The lowest BCUT2D eigenvalue weighted by molar-refractivity contribution is 0.0922. The normalized spacial score (nSPS) is 11.9. The highest BCUT2D eigenvalue weighted by Crippen LogP contribution is 2.03. The molecule has 0 unspecified atom stereocenters. The van der Waals surface area contributed by atoms with E-state index >= 15 is 0 Å². The molecule has 0 radical (unpaired) electrons. The summed E-state index contributed by atoms with van der Waals surface area (Å²) in [6, 6.07) is 5.99. The average molecular weight is 222 g/mol. The molecule has 0 fully saturated rings. The van der Waals surface area contributed by atoms with E-state index in [0.717, 1.165) is 0 Å². The SMILES string of the molecule is C[C@@H](O)CNC(=O)c1ccc(C(N)=O)cc1. The number of hydrogen-bond donors (Lipinski definition) is 3. The van der Waals surface area contributed by atoms with Gasteiger partial charge in [-0.25, -0.2) is 0 Å². The van der Waals surface area contributed by atoms with Gasteiger partial charge in [0.15, 0.2) is 0 Å². The van der Waals surface area contributed by atoms with Gasteiger partial charge in [0, 0.05) is 17.7 Å². The van der Waals surface area contributed by atoms with Gasteiger partial charge in [0.2, 0.25) is 5.91 Å². The van der Waals surface area contributed by atoms with Crippen molar-refractivity contribution in [2.75, 3.05) is 6.54 Å². The van der Waals surface area contributed by atoms with Gasteiger partial charge in [0.25, 0.3) is 5.91 Å². The van der Waals surface area contributed by atoms with Gasteiger partial charge in [-0.15, -0.1) is 0 Å². The summed E-state index contributed by atoms with van der Waals surface area (Å²) in [6.07, 6.45) is -0.589. The Morgan fingerprint density at radius 3 is 2.25 bits per heavy atom. The summed E-state index contributed by atoms with van der Waals surface area (Å²) in [5, 5.41) is 11.5. The number of aliphatic hydroxyl groups excluding tert-OH is 1. The van der Waals surface area contributed by atoms with Gasteiger partial charge in [0.05, 0.1) is 6.10 Å². The molecule has 0 aliphatic carbocycles. The summed E-state index contributed by atoms with van der Waals surface area (Å²) < 4.78 is 0. The Labute approximate surface area is 93.3 Å². The zero-order valence-corrected chi connectivity index (χ0v) is 8.93. The first-order chi connectivity index (χ1) is 7.50. The number of rotatable bonds is 4. The van der Waals surface area contributed by atoms with E-state index in [-0.39, 0.29) is 12.5 Å². The molecule has 1 aromatic rings. The van der Waals surface area contributed by atoms with Crippen LogP contribution in [0.5, 0.6) is 0 Å². The molecule has 0 bridgehead atoms. The fourth-order valence-electron chi connectivity index (χ4n) is 1.13. The second-order valence-electron chi connectivity index (χ2n) is 3.50. The Morgan fingerprint density at radius 1 is 1.31 bits per heavy atom. The van der Waals surface area contributed by atoms with Gasteiger partial charge in [0.1, 0.15) is 0 Å². The van der Waals surface area contributed by atoms with Gasteiger partial charge in [-0.05, 0) is 31.2 Å². The van der Waals surface area contributed by atoms with Gasteiger partial charge in [-0.1, -0.05) is 0 Å². The molecule has 0 saturated heterocycles. The highest BCUT2D eigenvalue weighted by molar-refractivity contribution is 5.97. The van der Waals surface area contributed by atoms with Crippen LogP contribution in [-0.4, -0.2) is 29.6 Å². The number of amides is 2. The molecule has 5 heteroatoms. The fourth-order valence-corrected chi connectivity index (χ4v) is 1.13. The third-order valence-electron chi connectivity index (χ3n) is 1.99. The third-order valence-corrected chi connectivity index (χ3v) is 1.99. The van der Waals surface area contributed by atoms with Crippen LogP contribution in [0.3, 0.4) is 0 Å². The van der Waals surface area contributed by atoms with E-state index in [4.69, 9.17) is 10.8 Å². The highest BCUT2D eigenvalue weighted by atomic mass is 16.3. The molecule has 86 valence electrons. The quantitative estimate of drug-likeness (QED) is 0.664. The molecule has 4 N–H and O–H groups in total. The van der Waals surface area contributed by atoms with Gasteiger partial charge >= 0.3 is 0 Å². The summed E-state index contributed by atoms with van der Waals surface area (Å²) in [4.78, 5) is 22.3. The standard InChI is InChI=1S/C11H14N2O3/c1-7(14)6-13-11(16)9-4-2-8(3-5-9)10(12)15/h2-5,7,14H,6H2,1H3,(H2,12,15)(H,13,16)/t7-/m1/s1. The Balaban J connectivity index is 2.67. The largest absolute Gasteiger partial charge is 0.392 e. The van der Waals surface area contributed by atoms with Crippen LogP contribution in [0, 0.1) is 0 Å². The number of nitrogens with one attached hydrogen (secondary N) is 1. The minimum absolute atomic E-state index is 0.191. The number of hydrogen-bond acceptors (Lipinski definition) is 3. The van der Waals surface area contributed by atoms with Crippen LogP contribution < -0.4 is 11.1 Å². The van der Waals surface area contributed by atoms with Crippen LogP contribution in [0.4, 0.5) is 0 Å². The van der Waals surface area contributed by atoms with Gasteiger partial charge < -0.3 is 16.2 Å². The van der Waals surface area contributed by atoms with E-state index in [0.29, 0.717) is 11.1 Å². The van der Waals surface area contributed by atoms with Crippen molar-refractivity contribution in [3.8, 4) is 0 Å². The summed E-state index contributed by atoms with van der Waals surface area (Å²) in [5.41, 5.74) is 5.84. The van der Waals surface area contributed by atoms with Crippen molar-refractivity contribution >= 4 is 11.8 Å². The van der Waals surface area contributed by atoms with Crippen LogP contribution in [0.25, 0.3) is 0 Å². The van der Waals surface area contributed by atoms with Crippen molar-refractivity contribution in [2.24, 2.45) is 5.73 Å². The van der Waals surface area contributed by atoms with E-state index < -0.39 is 12.0 Å². The van der Waals surface area contributed by atoms with E-state index in [1.807, 2.05) is 0 Å². The molecule has 0 aliphatic rings. The smallest absolute Gasteiger partial charge is 0.251 e. The first-order valence-electron chi connectivity index (χ1n) is 4.87. The van der Waals surface area contributed by atoms with E-state index in [2.05, 4.69) is 5.32 Å². The molecular formula is C11H14N2O3. The van der Waals surface area contributed by atoms with Crippen LogP contribution in [0.2, 0.25) is 0 Å². The Morgan fingerprint density at radius 2 is 1.81 bits per heavy atom. The molecular weight excluding hydrogens is 208 g/mol. The number of carbonyl (C=O) groups excluding carboxylic acids is 2. The summed E-state index contributed by atoms with van der Waals surface area (Å²) >= 11 is 0. The first kappa shape index (κ1) is 12.2. The highest BCUT2D eigenvalue weighted by Gasteiger charge is 2.07. The Hall–Kier alpha value is -1.88. The maximum absolute atomic E-state index is 11.5. The molecule has 1 atom stereocenters. The van der Waals surface area contributed by atoms with Crippen molar-refractivity contribution in [3.63, 3.8) is 0 Å². The fraction of sp³-hybridized carbons (Fsp3) is 0.273. The molecule has 0 aromatic heterocycles.